The van der Waals surface area contributed by atoms with Gasteiger partial charge in [-0.15, -0.1) is 0 Å². The van der Waals surface area contributed by atoms with Crippen LogP contribution in [0.3, 0.4) is 0 Å². The largest absolute Gasteiger partial charge is 0.496 e. The molecule has 1 aromatic rings. The van der Waals surface area contributed by atoms with Gasteiger partial charge in [-0.25, -0.2) is 0 Å². The Hall–Kier alpha value is -1.02. The summed E-state index contributed by atoms with van der Waals surface area (Å²) in [6, 6.07) is 4.44. The van der Waals surface area contributed by atoms with E-state index < -0.39 is 0 Å². The molecule has 1 aliphatic heterocycles. The third kappa shape index (κ3) is 2.38. The van der Waals surface area contributed by atoms with E-state index >= 15 is 0 Å². The number of ether oxygens (including phenoxy) is 1. The van der Waals surface area contributed by atoms with E-state index in [1.54, 1.807) is 7.11 Å². The topological polar surface area (TPSA) is 21.3 Å². The fourth-order valence-corrected chi connectivity index (χ4v) is 2.40. The van der Waals surface area contributed by atoms with Gasteiger partial charge >= 0.3 is 0 Å². The van der Waals surface area contributed by atoms with Crippen molar-refractivity contribution in [2.75, 3.05) is 20.2 Å². The molecule has 0 aromatic heterocycles. The lowest BCUT2D eigenvalue weighted by Gasteiger charge is -2.14. The van der Waals surface area contributed by atoms with Crippen LogP contribution >= 0.6 is 0 Å². The standard InChI is InChI=1S/C14H21NO/c1-10-6-13(8-12-4-5-15-9-12)14(16-3)7-11(10)2/h6-7,12,15H,4-5,8-9H2,1-3H3. The molecule has 1 saturated heterocycles. The second kappa shape index (κ2) is 4.88. The first-order valence-corrected chi connectivity index (χ1v) is 6.05. The van der Waals surface area contributed by atoms with Crippen molar-refractivity contribution in [1.82, 2.24) is 5.32 Å². The van der Waals surface area contributed by atoms with Gasteiger partial charge in [-0.05, 0) is 68.5 Å². The number of hydrogen-bond acceptors (Lipinski definition) is 2. The smallest absolute Gasteiger partial charge is 0.122 e. The van der Waals surface area contributed by atoms with Crippen LogP contribution in [-0.2, 0) is 6.42 Å². The highest BCUT2D eigenvalue weighted by atomic mass is 16.5. The van der Waals surface area contributed by atoms with Gasteiger partial charge in [0.2, 0.25) is 0 Å². The Morgan fingerprint density at radius 1 is 1.31 bits per heavy atom. The average molecular weight is 219 g/mol. The maximum absolute atomic E-state index is 5.47. The SMILES string of the molecule is COc1cc(C)c(C)cc1CC1CCNC1. The molecule has 2 heteroatoms. The molecule has 16 heavy (non-hydrogen) atoms. The third-order valence-corrected chi connectivity index (χ3v) is 3.57. The summed E-state index contributed by atoms with van der Waals surface area (Å²) in [5.74, 6) is 1.83. The number of rotatable bonds is 3. The second-order valence-electron chi connectivity index (χ2n) is 4.81. The number of aryl methyl sites for hydroxylation is 2. The van der Waals surface area contributed by atoms with Crippen LogP contribution in [0.2, 0.25) is 0 Å². The van der Waals surface area contributed by atoms with Crippen molar-refractivity contribution in [3.63, 3.8) is 0 Å². The van der Waals surface area contributed by atoms with Crippen molar-refractivity contribution < 1.29 is 4.74 Å². The minimum atomic E-state index is 0.774. The second-order valence-corrected chi connectivity index (χ2v) is 4.81. The maximum atomic E-state index is 5.47. The summed E-state index contributed by atoms with van der Waals surface area (Å²) in [6.45, 7) is 6.62. The summed E-state index contributed by atoms with van der Waals surface area (Å²) in [4.78, 5) is 0. The molecule has 0 saturated carbocycles. The minimum absolute atomic E-state index is 0.774. The monoisotopic (exact) mass is 219 g/mol. The van der Waals surface area contributed by atoms with Crippen molar-refractivity contribution in [3.05, 3.63) is 28.8 Å². The Morgan fingerprint density at radius 3 is 2.69 bits per heavy atom. The lowest BCUT2D eigenvalue weighted by atomic mass is 9.95. The Labute approximate surface area is 98.0 Å². The van der Waals surface area contributed by atoms with E-state index in [-0.39, 0.29) is 0 Å². The van der Waals surface area contributed by atoms with Gasteiger partial charge in [0.25, 0.3) is 0 Å². The van der Waals surface area contributed by atoms with Gasteiger partial charge in [0.1, 0.15) is 5.75 Å². The van der Waals surface area contributed by atoms with Gasteiger partial charge in [-0.2, -0.15) is 0 Å². The zero-order valence-corrected chi connectivity index (χ0v) is 10.5. The number of methoxy groups -OCH3 is 1. The first-order chi connectivity index (χ1) is 7.70. The van der Waals surface area contributed by atoms with Gasteiger partial charge in [0.15, 0.2) is 0 Å². The first kappa shape index (κ1) is 11.5. The molecule has 0 bridgehead atoms. The molecule has 1 atom stereocenters. The van der Waals surface area contributed by atoms with Crippen LogP contribution in [0.4, 0.5) is 0 Å². The van der Waals surface area contributed by atoms with E-state index in [0.717, 1.165) is 31.2 Å². The van der Waals surface area contributed by atoms with Gasteiger partial charge in [0.05, 0.1) is 7.11 Å². The minimum Gasteiger partial charge on any atom is -0.496 e. The summed E-state index contributed by atoms with van der Waals surface area (Å²) in [5, 5.41) is 3.42. The van der Waals surface area contributed by atoms with Crippen LogP contribution in [0.5, 0.6) is 5.75 Å². The molecule has 88 valence electrons. The van der Waals surface area contributed by atoms with Crippen molar-refractivity contribution >= 4 is 0 Å². The molecule has 0 amide bonds. The van der Waals surface area contributed by atoms with Gasteiger partial charge in [-0.3, -0.25) is 0 Å². The zero-order chi connectivity index (χ0) is 11.5. The summed E-state index contributed by atoms with van der Waals surface area (Å²) in [6.07, 6.45) is 2.42. The van der Waals surface area contributed by atoms with Crippen molar-refractivity contribution in [2.45, 2.75) is 26.7 Å². The predicted octanol–water partition coefficient (Wildman–Crippen LogP) is 2.46. The van der Waals surface area contributed by atoms with Crippen molar-refractivity contribution in [3.8, 4) is 5.75 Å². The van der Waals surface area contributed by atoms with E-state index in [1.807, 2.05) is 0 Å². The lowest BCUT2D eigenvalue weighted by molar-refractivity contribution is 0.405. The molecule has 1 N–H and O–H groups in total. The van der Waals surface area contributed by atoms with Crippen LogP contribution in [0.1, 0.15) is 23.1 Å². The van der Waals surface area contributed by atoms with Gasteiger partial charge < -0.3 is 10.1 Å². The van der Waals surface area contributed by atoms with Crippen LogP contribution in [0.25, 0.3) is 0 Å². The fraction of sp³-hybridized carbons (Fsp3) is 0.571. The summed E-state index contributed by atoms with van der Waals surface area (Å²) in [7, 11) is 1.76. The summed E-state index contributed by atoms with van der Waals surface area (Å²) >= 11 is 0. The van der Waals surface area contributed by atoms with E-state index in [4.69, 9.17) is 4.74 Å². The van der Waals surface area contributed by atoms with Gasteiger partial charge in [-0.1, -0.05) is 6.07 Å². The molecule has 0 aliphatic carbocycles. The van der Waals surface area contributed by atoms with E-state index in [9.17, 15) is 0 Å². The molecule has 2 nitrogen and oxygen atoms in total. The Bertz CT molecular complexity index is 367. The molecule has 2 rings (SSSR count). The Kier molecular flexibility index (Phi) is 3.49. The molecular weight excluding hydrogens is 198 g/mol. The van der Waals surface area contributed by atoms with Crippen molar-refractivity contribution in [1.29, 1.82) is 0 Å². The highest BCUT2D eigenvalue weighted by Gasteiger charge is 2.17. The Morgan fingerprint density at radius 2 is 2.06 bits per heavy atom. The highest BCUT2D eigenvalue weighted by Crippen LogP contribution is 2.27. The lowest BCUT2D eigenvalue weighted by Crippen LogP contribution is -2.11. The first-order valence-electron chi connectivity index (χ1n) is 6.05. The maximum Gasteiger partial charge on any atom is 0.122 e. The normalized spacial score (nSPS) is 20.1. The molecule has 1 fully saturated rings. The van der Waals surface area contributed by atoms with E-state index in [2.05, 4.69) is 31.3 Å². The molecule has 1 aliphatic rings. The summed E-state index contributed by atoms with van der Waals surface area (Å²) in [5.41, 5.74) is 4.03. The molecule has 0 spiro atoms. The number of nitrogens with one attached hydrogen (secondary N) is 1. The van der Waals surface area contributed by atoms with Crippen molar-refractivity contribution in [2.24, 2.45) is 5.92 Å². The van der Waals surface area contributed by atoms with Crippen LogP contribution < -0.4 is 10.1 Å². The van der Waals surface area contributed by atoms with E-state index in [1.165, 1.54) is 23.1 Å². The third-order valence-electron chi connectivity index (χ3n) is 3.57. The molecule has 1 heterocycles. The molecule has 1 unspecified atom stereocenters. The van der Waals surface area contributed by atoms with Crippen LogP contribution in [-0.4, -0.2) is 20.2 Å². The predicted molar refractivity (Wildman–Crippen MR) is 67.1 cm³/mol. The quantitative estimate of drug-likeness (QED) is 0.843. The average Bonchev–Trinajstić information content (AvgIpc) is 2.76. The highest BCUT2D eigenvalue weighted by molar-refractivity contribution is 5.42. The van der Waals surface area contributed by atoms with Crippen LogP contribution in [0, 0.1) is 19.8 Å². The van der Waals surface area contributed by atoms with E-state index in [0.29, 0.717) is 0 Å². The summed E-state index contributed by atoms with van der Waals surface area (Å²) < 4.78 is 5.47. The van der Waals surface area contributed by atoms with Crippen LogP contribution in [0.15, 0.2) is 12.1 Å². The number of hydrogen-bond donors (Lipinski definition) is 1. The fourth-order valence-electron chi connectivity index (χ4n) is 2.40. The molecular formula is C14H21NO. The molecule has 0 radical (unpaired) electrons. The number of benzene rings is 1. The zero-order valence-electron chi connectivity index (χ0n) is 10.5. The molecule has 1 aromatic carbocycles. The Balaban J connectivity index is 2.20. The van der Waals surface area contributed by atoms with Gasteiger partial charge in [0, 0.05) is 0 Å².